The Balaban J connectivity index is 0.000000152. The summed E-state index contributed by atoms with van der Waals surface area (Å²) in [5, 5.41) is 3.55. The van der Waals surface area contributed by atoms with Crippen LogP contribution in [0.25, 0.3) is 44.2 Å². The zero-order chi connectivity index (χ0) is 21.6. The number of nitrogens with zero attached hydrogens (tertiary/aromatic N) is 2. The number of hydrogen-bond donors (Lipinski definition) is 0. The topological polar surface area (TPSA) is 25.8 Å². The summed E-state index contributed by atoms with van der Waals surface area (Å²) in [5.74, 6) is 0. The molecule has 2 aromatic heterocycles. The van der Waals surface area contributed by atoms with Gasteiger partial charge < -0.3 is 4.98 Å². The fourth-order valence-electron chi connectivity index (χ4n) is 3.64. The van der Waals surface area contributed by atoms with Crippen LogP contribution in [0.5, 0.6) is 0 Å². The second-order valence-corrected chi connectivity index (χ2v) is 7.32. The largest absolute Gasteiger partial charge is 0.304 e. The molecule has 2 heterocycles. The zero-order valence-corrected chi connectivity index (χ0v) is 20.2. The molecule has 6 aromatic rings. The Morgan fingerprint density at radius 1 is 0.545 bits per heavy atom. The van der Waals surface area contributed by atoms with Gasteiger partial charge in [-0.15, -0.1) is 71.8 Å². The van der Waals surface area contributed by atoms with E-state index in [1.807, 2.05) is 97.2 Å². The van der Waals surface area contributed by atoms with Crippen molar-refractivity contribution in [1.29, 1.82) is 0 Å². The smallest absolute Gasteiger partial charge is 0.0595 e. The number of para-hydroxylation sites is 1. The first kappa shape index (κ1) is 22.5. The number of hydrogen-bond acceptors (Lipinski definition) is 2. The average Bonchev–Trinajstić information content (AvgIpc) is 2.89. The van der Waals surface area contributed by atoms with E-state index in [9.17, 15) is 0 Å². The molecule has 0 unspecified atom stereocenters. The number of aromatic nitrogens is 2. The standard InChI is InChI=1S/2C15H10N.Ir/c1-2-7-13(8-3-1)15-14-9-5-4-6-12(14)10-11-16-15;1-2-6-12(7-3-1)15-11-10-13-8-4-5-9-14(13)16-15;/h1-7,9-11H;1-6,8-11H;/q2*-1;. The Hall–Kier alpha value is -3.65. The summed E-state index contributed by atoms with van der Waals surface area (Å²) in [6.45, 7) is 0. The molecular weight excluding hydrogens is 581 g/mol. The normalized spacial score (nSPS) is 10.2. The van der Waals surface area contributed by atoms with Crippen molar-refractivity contribution < 1.29 is 20.1 Å². The molecule has 2 nitrogen and oxygen atoms in total. The van der Waals surface area contributed by atoms with Gasteiger partial charge in [0, 0.05) is 26.3 Å². The average molecular weight is 601 g/mol. The van der Waals surface area contributed by atoms with Crippen molar-refractivity contribution in [3.8, 4) is 22.5 Å². The fourth-order valence-corrected chi connectivity index (χ4v) is 3.64. The molecule has 1 radical (unpaired) electrons. The van der Waals surface area contributed by atoms with Crippen LogP contribution in [0.3, 0.4) is 0 Å². The van der Waals surface area contributed by atoms with Gasteiger partial charge in [-0.2, -0.15) is 0 Å². The number of pyridine rings is 2. The summed E-state index contributed by atoms with van der Waals surface area (Å²) in [4.78, 5) is 9.06. The Labute approximate surface area is 207 Å². The summed E-state index contributed by atoms with van der Waals surface area (Å²) in [7, 11) is 0. The van der Waals surface area contributed by atoms with Gasteiger partial charge >= 0.3 is 0 Å². The Morgan fingerprint density at radius 3 is 1.97 bits per heavy atom. The van der Waals surface area contributed by atoms with Crippen molar-refractivity contribution in [1.82, 2.24) is 9.97 Å². The van der Waals surface area contributed by atoms with Crippen LogP contribution in [0.1, 0.15) is 0 Å². The van der Waals surface area contributed by atoms with Crippen LogP contribution >= 0.6 is 0 Å². The molecule has 0 saturated heterocycles. The van der Waals surface area contributed by atoms with Crippen LogP contribution in [0, 0.1) is 12.1 Å². The van der Waals surface area contributed by atoms with E-state index in [4.69, 9.17) is 0 Å². The van der Waals surface area contributed by atoms with Gasteiger partial charge in [0.15, 0.2) is 0 Å². The van der Waals surface area contributed by atoms with Crippen LogP contribution < -0.4 is 0 Å². The third-order valence-electron chi connectivity index (χ3n) is 5.22. The minimum Gasteiger partial charge on any atom is -0.304 e. The maximum Gasteiger partial charge on any atom is 0.0595 e. The van der Waals surface area contributed by atoms with Crippen LogP contribution in [-0.4, -0.2) is 9.97 Å². The molecule has 0 N–H and O–H groups in total. The Bertz CT molecular complexity index is 1450. The molecule has 0 aliphatic carbocycles. The summed E-state index contributed by atoms with van der Waals surface area (Å²) >= 11 is 0. The van der Waals surface area contributed by atoms with Crippen LogP contribution in [-0.2, 0) is 20.1 Å². The van der Waals surface area contributed by atoms with Crippen molar-refractivity contribution in [3.63, 3.8) is 0 Å². The molecule has 0 atom stereocenters. The van der Waals surface area contributed by atoms with E-state index in [1.165, 1.54) is 16.2 Å². The van der Waals surface area contributed by atoms with E-state index in [1.54, 1.807) is 0 Å². The summed E-state index contributed by atoms with van der Waals surface area (Å²) in [6, 6.07) is 44.8. The van der Waals surface area contributed by atoms with E-state index in [2.05, 4.69) is 46.4 Å². The molecule has 4 aromatic carbocycles. The molecule has 33 heavy (non-hydrogen) atoms. The van der Waals surface area contributed by atoms with Crippen LogP contribution in [0.4, 0.5) is 0 Å². The molecule has 0 aliphatic rings. The molecular formula is C30H20IrN2-2. The van der Waals surface area contributed by atoms with Crippen LogP contribution in [0.2, 0.25) is 0 Å². The molecule has 0 bridgehead atoms. The first-order valence-corrected chi connectivity index (χ1v) is 10.5. The first-order chi connectivity index (χ1) is 15.9. The van der Waals surface area contributed by atoms with E-state index in [0.29, 0.717) is 0 Å². The van der Waals surface area contributed by atoms with Crippen molar-refractivity contribution in [3.05, 3.63) is 134 Å². The van der Waals surface area contributed by atoms with Gasteiger partial charge in [-0.25, -0.2) is 0 Å². The van der Waals surface area contributed by atoms with E-state index >= 15 is 0 Å². The van der Waals surface area contributed by atoms with Gasteiger partial charge in [0.05, 0.1) is 5.52 Å². The van der Waals surface area contributed by atoms with Crippen molar-refractivity contribution in [2.24, 2.45) is 0 Å². The Morgan fingerprint density at radius 2 is 1.21 bits per heavy atom. The van der Waals surface area contributed by atoms with E-state index in [-0.39, 0.29) is 20.1 Å². The Kier molecular flexibility index (Phi) is 7.36. The van der Waals surface area contributed by atoms with Gasteiger partial charge in [0.1, 0.15) is 0 Å². The third-order valence-corrected chi connectivity index (χ3v) is 5.22. The summed E-state index contributed by atoms with van der Waals surface area (Å²) in [6.07, 6.45) is 1.85. The molecule has 6 rings (SSSR count). The molecule has 3 heteroatoms. The van der Waals surface area contributed by atoms with Gasteiger partial charge in [0.2, 0.25) is 0 Å². The molecule has 0 aliphatic heterocycles. The van der Waals surface area contributed by atoms with Gasteiger partial charge in [-0.3, -0.25) is 4.98 Å². The van der Waals surface area contributed by atoms with Gasteiger partial charge in [-0.1, -0.05) is 54.6 Å². The molecule has 161 valence electrons. The SMILES string of the molecule is [Ir].[c-]1ccccc1-c1ccc2ccccc2n1.[c-]1ccccc1-c1nccc2ccccc12. The maximum absolute atomic E-state index is 4.61. The molecule has 0 saturated carbocycles. The van der Waals surface area contributed by atoms with Crippen molar-refractivity contribution in [2.45, 2.75) is 0 Å². The van der Waals surface area contributed by atoms with Gasteiger partial charge in [-0.05, 0) is 39.7 Å². The van der Waals surface area contributed by atoms with Crippen molar-refractivity contribution >= 4 is 21.7 Å². The summed E-state index contributed by atoms with van der Waals surface area (Å²) in [5.41, 5.74) is 5.07. The summed E-state index contributed by atoms with van der Waals surface area (Å²) < 4.78 is 0. The minimum atomic E-state index is 0. The molecule has 0 fully saturated rings. The predicted octanol–water partition coefficient (Wildman–Crippen LogP) is 7.40. The molecule has 0 amide bonds. The number of fused-ring (bicyclic) bond motifs is 2. The van der Waals surface area contributed by atoms with Crippen LogP contribution in [0.15, 0.2) is 121 Å². The first-order valence-electron chi connectivity index (χ1n) is 10.5. The number of benzene rings is 4. The fraction of sp³-hybridized carbons (Fsp3) is 0. The van der Waals surface area contributed by atoms with E-state index < -0.39 is 0 Å². The zero-order valence-electron chi connectivity index (χ0n) is 17.8. The number of rotatable bonds is 2. The second kappa shape index (κ2) is 10.8. The van der Waals surface area contributed by atoms with Gasteiger partial charge in [0.25, 0.3) is 0 Å². The molecule has 0 spiro atoms. The minimum absolute atomic E-state index is 0. The maximum atomic E-state index is 4.61. The monoisotopic (exact) mass is 601 g/mol. The van der Waals surface area contributed by atoms with E-state index in [0.717, 1.165) is 28.0 Å². The van der Waals surface area contributed by atoms with Crippen molar-refractivity contribution in [2.75, 3.05) is 0 Å². The second-order valence-electron chi connectivity index (χ2n) is 7.32. The third kappa shape index (κ3) is 5.23. The predicted molar refractivity (Wildman–Crippen MR) is 132 cm³/mol. The quantitative estimate of drug-likeness (QED) is 0.194.